The molecule has 6 heteroatoms. The molecule has 1 atom stereocenters. The number of quaternary nitrogens is 2. The van der Waals surface area contributed by atoms with Crippen LogP contribution in [0.2, 0.25) is 0 Å². The number of nitrogens with one attached hydrogen (secondary N) is 4. The Kier molecular flexibility index (Phi) is 5.85. The zero-order valence-electron chi connectivity index (χ0n) is 14.4. The van der Waals surface area contributed by atoms with Gasteiger partial charge >= 0.3 is 0 Å². The van der Waals surface area contributed by atoms with Crippen molar-refractivity contribution in [1.82, 2.24) is 10.9 Å². The summed E-state index contributed by atoms with van der Waals surface area (Å²) in [5.74, 6) is -0.0903. The normalized spacial score (nSPS) is 21.9. The van der Waals surface area contributed by atoms with Crippen LogP contribution in [-0.4, -0.2) is 52.3 Å². The molecule has 1 aromatic carbocycles. The van der Waals surface area contributed by atoms with Gasteiger partial charge in [-0.25, -0.2) is 0 Å². The zero-order valence-corrected chi connectivity index (χ0v) is 14.4. The van der Waals surface area contributed by atoms with Crippen LogP contribution in [0, 0.1) is 0 Å². The van der Waals surface area contributed by atoms with Gasteiger partial charge in [0, 0.05) is 23.2 Å². The molecule has 0 spiro atoms. The van der Waals surface area contributed by atoms with Gasteiger partial charge in [0.25, 0.3) is 5.91 Å². The molecular weight excluding hydrogens is 304 g/mol. The molecule has 1 saturated heterocycles. The molecule has 3 rings (SSSR count). The van der Waals surface area contributed by atoms with Gasteiger partial charge in [-0.2, -0.15) is 0 Å². The van der Waals surface area contributed by atoms with Crippen molar-refractivity contribution in [3.05, 3.63) is 47.2 Å². The van der Waals surface area contributed by atoms with Crippen molar-refractivity contribution < 1.29 is 19.3 Å². The summed E-state index contributed by atoms with van der Waals surface area (Å²) in [6.45, 7) is 6.87. The Morgan fingerprint density at radius 3 is 2.58 bits per heavy atom. The number of rotatable bonds is 5. The third-order valence-corrected chi connectivity index (χ3v) is 4.72. The fraction of sp³-hybridized carbons (Fsp3) is 0.500. The molecule has 2 aliphatic heterocycles. The van der Waals surface area contributed by atoms with E-state index >= 15 is 0 Å². The fourth-order valence-electron chi connectivity index (χ4n) is 3.07. The molecule has 0 aromatic heterocycles. The smallest absolute Gasteiger partial charge is 0.269 e. The van der Waals surface area contributed by atoms with Crippen molar-refractivity contribution in [3.8, 4) is 0 Å². The predicted molar refractivity (Wildman–Crippen MR) is 91.6 cm³/mol. The van der Waals surface area contributed by atoms with E-state index in [1.54, 1.807) is 0 Å². The van der Waals surface area contributed by atoms with Crippen molar-refractivity contribution in [2.75, 3.05) is 46.4 Å². The van der Waals surface area contributed by atoms with Gasteiger partial charge in [-0.05, 0) is 18.2 Å². The van der Waals surface area contributed by atoms with Crippen molar-refractivity contribution in [2.24, 2.45) is 0 Å². The van der Waals surface area contributed by atoms with Crippen molar-refractivity contribution in [3.63, 3.8) is 0 Å². The standard InChI is InChI=1S/C18H26N4O2/c1-21-8-6-17(7-9-21)19-20-18(23)16-4-2-15(3-5-16)14-22-10-12-24-13-11-22/h2-6,19H,7-14H2,1H3,(H,20,23)/p+2. The van der Waals surface area contributed by atoms with Gasteiger partial charge in [0.05, 0.1) is 33.4 Å². The Morgan fingerprint density at radius 2 is 1.92 bits per heavy atom. The van der Waals surface area contributed by atoms with Crippen LogP contribution in [0.25, 0.3) is 0 Å². The summed E-state index contributed by atoms with van der Waals surface area (Å²) in [7, 11) is 2.17. The molecule has 0 radical (unpaired) electrons. The van der Waals surface area contributed by atoms with E-state index in [0.717, 1.165) is 58.1 Å². The van der Waals surface area contributed by atoms with E-state index in [1.165, 1.54) is 15.4 Å². The maximum absolute atomic E-state index is 12.2. The van der Waals surface area contributed by atoms with E-state index in [1.807, 2.05) is 12.1 Å². The van der Waals surface area contributed by atoms with Gasteiger partial charge in [0.2, 0.25) is 0 Å². The average Bonchev–Trinajstić information content (AvgIpc) is 2.62. The van der Waals surface area contributed by atoms with Crippen LogP contribution in [0.5, 0.6) is 0 Å². The van der Waals surface area contributed by atoms with Crippen LogP contribution in [0.1, 0.15) is 22.3 Å². The average molecular weight is 332 g/mol. The lowest BCUT2D eigenvalue weighted by molar-refractivity contribution is -0.921. The number of carbonyl (C=O) groups is 1. The van der Waals surface area contributed by atoms with E-state index in [0.29, 0.717) is 5.56 Å². The highest BCUT2D eigenvalue weighted by molar-refractivity contribution is 5.93. The molecule has 1 fully saturated rings. The van der Waals surface area contributed by atoms with E-state index < -0.39 is 0 Å². The summed E-state index contributed by atoms with van der Waals surface area (Å²) >= 11 is 0. The molecule has 0 bridgehead atoms. The molecule has 1 aromatic rings. The number of morpholine rings is 1. The number of ether oxygens (including phenoxy) is 1. The molecule has 2 aliphatic rings. The molecule has 0 saturated carbocycles. The second-order valence-corrected chi connectivity index (χ2v) is 6.71. The zero-order chi connectivity index (χ0) is 16.8. The molecule has 24 heavy (non-hydrogen) atoms. The number of likely N-dealkylation sites (N-methyl/N-ethyl adjacent to an activating group) is 1. The minimum Gasteiger partial charge on any atom is -0.370 e. The summed E-state index contributed by atoms with van der Waals surface area (Å²) in [6, 6.07) is 7.91. The minimum atomic E-state index is -0.0903. The number of hydrogen-bond donors (Lipinski definition) is 4. The van der Waals surface area contributed by atoms with Crippen molar-refractivity contribution in [2.45, 2.75) is 13.0 Å². The minimum absolute atomic E-state index is 0.0903. The lowest BCUT2D eigenvalue weighted by atomic mass is 10.1. The Balaban J connectivity index is 1.48. The highest BCUT2D eigenvalue weighted by Crippen LogP contribution is 2.04. The second-order valence-electron chi connectivity index (χ2n) is 6.71. The van der Waals surface area contributed by atoms with Gasteiger partial charge in [0.15, 0.2) is 0 Å². The van der Waals surface area contributed by atoms with Gasteiger partial charge < -0.3 is 20.0 Å². The van der Waals surface area contributed by atoms with Crippen molar-refractivity contribution >= 4 is 5.91 Å². The maximum Gasteiger partial charge on any atom is 0.269 e. The predicted octanol–water partition coefficient (Wildman–Crippen LogP) is -1.86. The van der Waals surface area contributed by atoms with Gasteiger partial charge in [-0.1, -0.05) is 12.1 Å². The summed E-state index contributed by atoms with van der Waals surface area (Å²) in [6.07, 6.45) is 3.11. The second kappa shape index (κ2) is 8.28. The maximum atomic E-state index is 12.2. The lowest BCUT2D eigenvalue weighted by Gasteiger charge is -2.23. The number of carbonyl (C=O) groups excluding carboxylic acids is 1. The summed E-state index contributed by atoms with van der Waals surface area (Å²) < 4.78 is 5.38. The first-order chi connectivity index (χ1) is 11.7. The van der Waals surface area contributed by atoms with Crippen LogP contribution in [0.15, 0.2) is 36.0 Å². The first-order valence-corrected chi connectivity index (χ1v) is 8.77. The Bertz CT molecular complexity index is 579. The highest BCUT2D eigenvalue weighted by atomic mass is 16.5. The molecule has 4 N–H and O–H groups in total. The third-order valence-electron chi connectivity index (χ3n) is 4.72. The van der Waals surface area contributed by atoms with Crippen molar-refractivity contribution in [1.29, 1.82) is 0 Å². The van der Waals surface area contributed by atoms with Crippen LogP contribution < -0.4 is 20.7 Å². The molecule has 1 amide bonds. The monoisotopic (exact) mass is 332 g/mol. The molecule has 6 nitrogen and oxygen atoms in total. The van der Waals surface area contributed by atoms with Crippen LogP contribution in [0.3, 0.4) is 0 Å². The number of amides is 1. The lowest BCUT2D eigenvalue weighted by Crippen LogP contribution is -3.12. The largest absolute Gasteiger partial charge is 0.370 e. The van der Waals surface area contributed by atoms with E-state index in [4.69, 9.17) is 4.74 Å². The third kappa shape index (κ3) is 4.80. The molecule has 0 aliphatic carbocycles. The summed E-state index contributed by atoms with van der Waals surface area (Å²) in [4.78, 5) is 15.3. The topological polar surface area (TPSA) is 59.2 Å². The van der Waals surface area contributed by atoms with Crippen LogP contribution in [-0.2, 0) is 11.3 Å². The number of hydrogen-bond acceptors (Lipinski definition) is 3. The van der Waals surface area contributed by atoms with Gasteiger partial charge in [-0.3, -0.25) is 10.2 Å². The quantitative estimate of drug-likeness (QED) is 0.478. The molecule has 1 unspecified atom stereocenters. The number of benzene rings is 1. The first kappa shape index (κ1) is 17.0. The summed E-state index contributed by atoms with van der Waals surface area (Å²) in [5, 5.41) is 0. The highest BCUT2D eigenvalue weighted by Gasteiger charge is 2.15. The van der Waals surface area contributed by atoms with Gasteiger partial charge in [-0.15, -0.1) is 0 Å². The van der Waals surface area contributed by atoms with Crippen LogP contribution in [0.4, 0.5) is 0 Å². The van der Waals surface area contributed by atoms with Crippen LogP contribution >= 0.6 is 0 Å². The number of hydrazine groups is 1. The Morgan fingerprint density at radius 1 is 1.17 bits per heavy atom. The Labute approximate surface area is 143 Å². The van der Waals surface area contributed by atoms with E-state index in [9.17, 15) is 4.79 Å². The molecular formula is C18H28N4O2+2. The van der Waals surface area contributed by atoms with E-state index in [-0.39, 0.29) is 5.91 Å². The first-order valence-electron chi connectivity index (χ1n) is 8.77. The van der Waals surface area contributed by atoms with Gasteiger partial charge in [0.1, 0.15) is 19.6 Å². The Hall–Kier alpha value is -1.89. The summed E-state index contributed by atoms with van der Waals surface area (Å²) in [5.41, 5.74) is 8.89. The molecule has 130 valence electrons. The fourth-order valence-corrected chi connectivity index (χ4v) is 3.07. The van der Waals surface area contributed by atoms with E-state index in [2.05, 4.69) is 36.1 Å². The molecule has 2 heterocycles. The SMILES string of the molecule is C[NH+]1CC=C(NNC(=O)c2ccc(C[NH+]3CCOCC3)cc2)CC1.